The van der Waals surface area contributed by atoms with Crippen LogP contribution in [0.2, 0.25) is 0 Å². The molecule has 150 valence electrons. The van der Waals surface area contributed by atoms with Crippen molar-refractivity contribution in [3.63, 3.8) is 0 Å². The average Bonchev–Trinajstić information content (AvgIpc) is 2.71. The maximum atomic E-state index is 12.3. The third-order valence-electron chi connectivity index (χ3n) is 4.34. The highest BCUT2D eigenvalue weighted by Gasteiger charge is 2.13. The summed E-state index contributed by atoms with van der Waals surface area (Å²) in [5.74, 6) is 0.797. The monoisotopic (exact) mass is 384 g/mol. The van der Waals surface area contributed by atoms with E-state index in [2.05, 4.69) is 10.6 Å². The highest BCUT2D eigenvalue weighted by Crippen LogP contribution is 2.22. The molecule has 0 aliphatic heterocycles. The summed E-state index contributed by atoms with van der Waals surface area (Å²) in [4.78, 5) is 24.3. The van der Waals surface area contributed by atoms with Crippen molar-refractivity contribution in [1.29, 1.82) is 0 Å². The summed E-state index contributed by atoms with van der Waals surface area (Å²) in [7, 11) is 1.60. The Bertz CT molecular complexity index is 765. The molecule has 0 bridgehead atoms. The Labute approximate surface area is 166 Å². The van der Waals surface area contributed by atoms with Gasteiger partial charge in [-0.3, -0.25) is 9.59 Å². The summed E-state index contributed by atoms with van der Waals surface area (Å²) >= 11 is 0. The Morgan fingerprint density at radius 2 is 1.50 bits per heavy atom. The number of para-hydroxylation sites is 1. The first-order chi connectivity index (χ1) is 13.6. The Kier molecular flexibility index (Phi) is 8.34. The predicted molar refractivity (Wildman–Crippen MR) is 110 cm³/mol. The maximum absolute atomic E-state index is 12.3. The first-order valence-electron chi connectivity index (χ1n) is 9.51. The molecule has 6 heteroatoms. The van der Waals surface area contributed by atoms with Crippen molar-refractivity contribution in [2.24, 2.45) is 0 Å². The number of amides is 2. The van der Waals surface area contributed by atoms with Crippen LogP contribution in [-0.4, -0.2) is 32.1 Å². The van der Waals surface area contributed by atoms with E-state index < -0.39 is 0 Å². The minimum absolute atomic E-state index is 0.219. The molecule has 0 atom stereocenters. The van der Waals surface area contributed by atoms with E-state index in [0.717, 1.165) is 35.4 Å². The molecule has 6 nitrogen and oxygen atoms in total. The van der Waals surface area contributed by atoms with Gasteiger partial charge in [0.2, 0.25) is 11.8 Å². The van der Waals surface area contributed by atoms with Gasteiger partial charge in [0.25, 0.3) is 0 Å². The number of methoxy groups -OCH3 is 1. The van der Waals surface area contributed by atoms with Gasteiger partial charge in [-0.1, -0.05) is 32.0 Å². The topological polar surface area (TPSA) is 76.7 Å². The van der Waals surface area contributed by atoms with Crippen LogP contribution in [0.1, 0.15) is 31.4 Å². The number of aryl methyl sites for hydroxylation is 2. The van der Waals surface area contributed by atoms with Crippen molar-refractivity contribution in [1.82, 2.24) is 5.32 Å². The summed E-state index contributed by atoms with van der Waals surface area (Å²) in [6.07, 6.45) is 1.42. The van der Waals surface area contributed by atoms with Gasteiger partial charge >= 0.3 is 0 Å². The third-order valence-corrected chi connectivity index (χ3v) is 4.34. The molecule has 0 aliphatic carbocycles. The van der Waals surface area contributed by atoms with Crippen LogP contribution in [-0.2, 0) is 22.4 Å². The van der Waals surface area contributed by atoms with E-state index in [4.69, 9.17) is 9.47 Å². The third kappa shape index (κ3) is 6.30. The molecule has 2 rings (SSSR count). The van der Waals surface area contributed by atoms with Gasteiger partial charge in [-0.15, -0.1) is 0 Å². The second-order valence-electron chi connectivity index (χ2n) is 6.26. The molecule has 0 fully saturated rings. The van der Waals surface area contributed by atoms with Crippen molar-refractivity contribution in [2.45, 2.75) is 33.1 Å². The van der Waals surface area contributed by atoms with Crippen LogP contribution >= 0.6 is 0 Å². The van der Waals surface area contributed by atoms with Crippen molar-refractivity contribution in [3.8, 4) is 11.5 Å². The van der Waals surface area contributed by atoms with Crippen molar-refractivity contribution in [2.75, 3.05) is 25.6 Å². The first-order valence-corrected chi connectivity index (χ1v) is 9.51. The Morgan fingerprint density at radius 1 is 0.893 bits per heavy atom. The van der Waals surface area contributed by atoms with Gasteiger partial charge in [0.05, 0.1) is 13.7 Å². The number of anilines is 1. The van der Waals surface area contributed by atoms with Crippen LogP contribution in [0.4, 0.5) is 5.69 Å². The maximum Gasteiger partial charge on any atom is 0.233 e. The number of nitrogens with one attached hydrogen (secondary N) is 2. The van der Waals surface area contributed by atoms with E-state index in [1.54, 1.807) is 31.4 Å². The van der Waals surface area contributed by atoms with Crippen molar-refractivity contribution < 1.29 is 19.1 Å². The molecule has 0 saturated heterocycles. The zero-order valence-electron chi connectivity index (χ0n) is 16.7. The van der Waals surface area contributed by atoms with Crippen molar-refractivity contribution >= 4 is 17.5 Å². The molecule has 0 radical (unpaired) electrons. The lowest BCUT2D eigenvalue weighted by Crippen LogP contribution is -2.31. The summed E-state index contributed by atoms with van der Waals surface area (Å²) in [6, 6.07) is 13.2. The molecule has 2 amide bonds. The lowest BCUT2D eigenvalue weighted by molar-refractivity contribution is -0.126. The van der Waals surface area contributed by atoms with Crippen LogP contribution in [0.5, 0.6) is 11.5 Å². The van der Waals surface area contributed by atoms with Crippen LogP contribution in [0.3, 0.4) is 0 Å². The van der Waals surface area contributed by atoms with Crippen LogP contribution in [0, 0.1) is 0 Å². The van der Waals surface area contributed by atoms with E-state index in [-0.39, 0.29) is 18.2 Å². The SMILES string of the molecule is CCc1cccc(CC)c1NC(=O)CC(=O)NCCOc1ccc(OC)cc1. The summed E-state index contributed by atoms with van der Waals surface area (Å²) in [6.45, 7) is 4.72. The van der Waals surface area contributed by atoms with Gasteiger partial charge in [0.1, 0.15) is 24.5 Å². The molecule has 0 aliphatic rings. The number of hydrogen-bond donors (Lipinski definition) is 2. The molecule has 28 heavy (non-hydrogen) atoms. The van der Waals surface area contributed by atoms with Crippen LogP contribution in [0.25, 0.3) is 0 Å². The second-order valence-corrected chi connectivity index (χ2v) is 6.26. The fourth-order valence-corrected chi connectivity index (χ4v) is 2.83. The van der Waals surface area contributed by atoms with E-state index in [0.29, 0.717) is 18.9 Å². The van der Waals surface area contributed by atoms with Gasteiger partial charge in [0, 0.05) is 5.69 Å². The number of benzene rings is 2. The lowest BCUT2D eigenvalue weighted by atomic mass is 10.0. The van der Waals surface area contributed by atoms with Gasteiger partial charge in [-0.2, -0.15) is 0 Å². The molecule has 0 unspecified atom stereocenters. The van der Waals surface area contributed by atoms with Gasteiger partial charge < -0.3 is 20.1 Å². The Balaban J connectivity index is 1.76. The fourth-order valence-electron chi connectivity index (χ4n) is 2.83. The summed E-state index contributed by atoms with van der Waals surface area (Å²) < 4.78 is 10.6. The quantitative estimate of drug-likeness (QED) is 0.487. The van der Waals surface area contributed by atoms with E-state index in [1.807, 2.05) is 32.0 Å². The molecule has 2 aromatic carbocycles. The zero-order chi connectivity index (χ0) is 20.4. The highest BCUT2D eigenvalue weighted by molar-refractivity contribution is 6.04. The standard InChI is InChI=1S/C22H28N2O4/c1-4-16-7-6-8-17(5-2)22(16)24-21(26)15-20(25)23-13-14-28-19-11-9-18(27-3)10-12-19/h6-12H,4-5,13-15H2,1-3H3,(H,23,25)(H,24,26). The number of rotatable bonds is 10. The normalized spacial score (nSPS) is 10.2. The van der Waals surface area contributed by atoms with Gasteiger partial charge in [-0.25, -0.2) is 0 Å². The van der Waals surface area contributed by atoms with Crippen molar-refractivity contribution in [3.05, 3.63) is 53.6 Å². The number of hydrogen-bond acceptors (Lipinski definition) is 4. The molecule has 0 spiro atoms. The summed E-state index contributed by atoms with van der Waals surface area (Å²) in [5.41, 5.74) is 2.97. The van der Waals surface area contributed by atoms with E-state index in [1.165, 1.54) is 0 Å². The minimum Gasteiger partial charge on any atom is -0.497 e. The zero-order valence-corrected chi connectivity index (χ0v) is 16.7. The minimum atomic E-state index is -0.331. The second kappa shape index (κ2) is 11.0. The number of carbonyl (C=O) groups excluding carboxylic acids is 2. The Hall–Kier alpha value is -3.02. The molecule has 0 saturated carbocycles. The largest absolute Gasteiger partial charge is 0.497 e. The molecule has 2 aromatic rings. The molecular formula is C22H28N2O4. The lowest BCUT2D eigenvalue weighted by Gasteiger charge is -2.14. The van der Waals surface area contributed by atoms with E-state index in [9.17, 15) is 9.59 Å². The Morgan fingerprint density at radius 3 is 2.07 bits per heavy atom. The smallest absolute Gasteiger partial charge is 0.233 e. The number of carbonyl (C=O) groups is 2. The molecule has 2 N–H and O–H groups in total. The predicted octanol–water partition coefficient (Wildman–Crippen LogP) is 3.34. The molecule has 0 aromatic heterocycles. The average molecular weight is 384 g/mol. The molecule has 0 heterocycles. The fraction of sp³-hybridized carbons (Fsp3) is 0.364. The van der Waals surface area contributed by atoms with Crippen LogP contribution < -0.4 is 20.1 Å². The van der Waals surface area contributed by atoms with Gasteiger partial charge in [0.15, 0.2) is 0 Å². The summed E-state index contributed by atoms with van der Waals surface area (Å²) in [5, 5.41) is 5.60. The number of ether oxygens (including phenoxy) is 2. The highest BCUT2D eigenvalue weighted by atomic mass is 16.5. The van der Waals surface area contributed by atoms with Crippen LogP contribution in [0.15, 0.2) is 42.5 Å². The van der Waals surface area contributed by atoms with E-state index >= 15 is 0 Å². The van der Waals surface area contributed by atoms with Gasteiger partial charge in [-0.05, 0) is 48.2 Å². The first kappa shape index (κ1) is 21.3. The molecular weight excluding hydrogens is 356 g/mol.